The molecule has 144 valence electrons. The number of nitriles is 1. The van der Waals surface area contributed by atoms with Crippen LogP contribution in [0.25, 0.3) is 21.3 Å². The maximum absolute atomic E-state index is 13.2. The first-order valence-corrected chi connectivity index (χ1v) is 9.58. The van der Waals surface area contributed by atoms with Crippen molar-refractivity contribution in [3.8, 4) is 17.2 Å². The van der Waals surface area contributed by atoms with Gasteiger partial charge in [0.05, 0.1) is 32.6 Å². The molecule has 3 rings (SSSR count). The van der Waals surface area contributed by atoms with Gasteiger partial charge in [0, 0.05) is 10.5 Å². The molecule has 0 fully saturated rings. The van der Waals surface area contributed by atoms with Gasteiger partial charge in [-0.15, -0.1) is 23.1 Å². The van der Waals surface area contributed by atoms with Crippen LogP contribution in [-0.2, 0) is 11.0 Å². The zero-order valence-electron chi connectivity index (χ0n) is 14.6. The van der Waals surface area contributed by atoms with E-state index in [0.29, 0.717) is 37.6 Å². The molecule has 0 spiro atoms. The van der Waals surface area contributed by atoms with Crippen LogP contribution < -0.4 is 5.11 Å². The van der Waals surface area contributed by atoms with Crippen LogP contribution in [0.3, 0.4) is 0 Å². The Morgan fingerprint density at radius 2 is 1.82 bits per heavy atom. The molecule has 0 bridgehead atoms. The number of nitrogens with zero attached hydrogens (tertiary/aromatic N) is 2. The van der Waals surface area contributed by atoms with Crippen LogP contribution in [0, 0.1) is 11.3 Å². The molecule has 0 unspecified atom stereocenters. The van der Waals surface area contributed by atoms with Crippen molar-refractivity contribution in [2.24, 2.45) is 0 Å². The Balaban J connectivity index is 2.27. The molecule has 0 aliphatic rings. The summed E-state index contributed by atoms with van der Waals surface area (Å²) in [5.41, 5.74) is 1.60. The molecular weight excluding hydrogens is 409 g/mol. The lowest BCUT2D eigenvalue weighted by atomic mass is 10.0. The van der Waals surface area contributed by atoms with Crippen molar-refractivity contribution < 1.29 is 23.1 Å². The fourth-order valence-electron chi connectivity index (χ4n) is 2.48. The zero-order chi connectivity index (χ0) is 20.7. The summed E-state index contributed by atoms with van der Waals surface area (Å²) >= 11 is 1.49. The normalized spacial score (nSPS) is 12.1. The summed E-state index contributed by atoms with van der Waals surface area (Å²) in [4.78, 5) is 15.6. The molecule has 0 N–H and O–H groups in total. The second-order valence-electron chi connectivity index (χ2n) is 6.39. The monoisotopic (exact) mass is 421 g/mol. The number of hydrogen-bond donors (Lipinski definition) is 0. The summed E-state index contributed by atoms with van der Waals surface area (Å²) in [6, 6.07) is 11.3. The Morgan fingerprint density at radius 3 is 2.36 bits per heavy atom. The molecule has 0 radical (unpaired) electrons. The molecule has 4 nitrogen and oxygen atoms in total. The molecule has 0 saturated carbocycles. The highest BCUT2D eigenvalue weighted by Crippen LogP contribution is 2.46. The Morgan fingerprint density at radius 1 is 1.18 bits per heavy atom. The van der Waals surface area contributed by atoms with E-state index in [4.69, 9.17) is 5.26 Å². The summed E-state index contributed by atoms with van der Waals surface area (Å²) in [6.07, 6.45) is -4.58. The van der Waals surface area contributed by atoms with Gasteiger partial charge in [-0.3, -0.25) is 0 Å². The molecule has 0 saturated heterocycles. The number of benzene rings is 2. The minimum atomic E-state index is -4.58. The minimum absolute atomic E-state index is 0.173. The number of fused-ring (bicyclic) bond motifs is 1. The Hall–Kier alpha value is -2.57. The highest BCUT2D eigenvalue weighted by Gasteiger charge is 2.35. The SMILES string of the molecule is CC(C)(Sc1ccc2nc(C(F)(F)F)sc2c1-c1ccc(C#N)cc1)C(=O)[O-]. The number of aromatic nitrogens is 1. The molecule has 9 heteroatoms. The van der Waals surface area contributed by atoms with Crippen LogP contribution in [0.5, 0.6) is 0 Å². The van der Waals surface area contributed by atoms with Crippen LogP contribution in [0.1, 0.15) is 24.4 Å². The minimum Gasteiger partial charge on any atom is -0.549 e. The number of thioether (sulfide) groups is 1. The summed E-state index contributed by atoms with van der Waals surface area (Å²) in [5.74, 6) is -1.29. The van der Waals surface area contributed by atoms with E-state index < -0.39 is 21.9 Å². The molecule has 0 amide bonds. The molecule has 3 aromatic rings. The lowest BCUT2D eigenvalue weighted by molar-refractivity contribution is -0.308. The number of rotatable bonds is 4. The van der Waals surface area contributed by atoms with E-state index in [0.717, 1.165) is 11.8 Å². The topological polar surface area (TPSA) is 76.8 Å². The third-order valence-corrected chi connectivity index (χ3v) is 6.29. The Kier molecular flexibility index (Phi) is 5.12. The molecule has 2 aromatic carbocycles. The van der Waals surface area contributed by atoms with E-state index >= 15 is 0 Å². The van der Waals surface area contributed by atoms with Crippen molar-refractivity contribution >= 4 is 39.3 Å². The van der Waals surface area contributed by atoms with E-state index in [9.17, 15) is 23.1 Å². The summed E-state index contributed by atoms with van der Waals surface area (Å²) < 4.78 is 38.5. The highest BCUT2D eigenvalue weighted by atomic mass is 32.2. The number of carbonyl (C=O) groups is 1. The van der Waals surface area contributed by atoms with Crippen molar-refractivity contribution in [2.75, 3.05) is 0 Å². The quantitative estimate of drug-likeness (QED) is 0.581. The molecule has 0 aliphatic heterocycles. The summed E-state index contributed by atoms with van der Waals surface area (Å²) in [5, 5.41) is 19.4. The number of alkyl halides is 3. The molecule has 28 heavy (non-hydrogen) atoms. The van der Waals surface area contributed by atoms with Crippen LogP contribution in [0.15, 0.2) is 41.3 Å². The van der Waals surface area contributed by atoms with Crippen LogP contribution in [0.4, 0.5) is 13.2 Å². The molecule has 1 heterocycles. The van der Waals surface area contributed by atoms with Gasteiger partial charge < -0.3 is 9.90 Å². The Labute approximate surface area is 166 Å². The van der Waals surface area contributed by atoms with E-state index in [2.05, 4.69) is 4.98 Å². The van der Waals surface area contributed by atoms with Gasteiger partial charge in [-0.2, -0.15) is 18.4 Å². The number of carboxylic acid groups (broad SMARTS) is 1. The fourth-order valence-corrected chi connectivity index (χ4v) is 4.64. The van der Waals surface area contributed by atoms with Crippen LogP contribution in [-0.4, -0.2) is 15.7 Å². The number of carboxylic acids is 1. The molecule has 0 atom stereocenters. The van der Waals surface area contributed by atoms with E-state index in [1.807, 2.05) is 6.07 Å². The van der Waals surface area contributed by atoms with Gasteiger partial charge in [0.1, 0.15) is 0 Å². The lowest BCUT2D eigenvalue weighted by Gasteiger charge is -2.26. The van der Waals surface area contributed by atoms with Crippen molar-refractivity contribution in [3.63, 3.8) is 0 Å². The first kappa shape index (κ1) is 20.2. The standard InChI is InChI=1S/C19H13F3N2O2S2/c1-18(2,17(25)26)28-13-8-7-12-15(27-16(24-12)19(20,21)22)14(13)11-5-3-10(9-23)4-6-11/h3-8H,1-2H3,(H,25,26)/p-1. The maximum atomic E-state index is 13.2. The van der Waals surface area contributed by atoms with Gasteiger partial charge in [-0.1, -0.05) is 12.1 Å². The second kappa shape index (κ2) is 7.11. The van der Waals surface area contributed by atoms with Gasteiger partial charge in [-0.25, -0.2) is 4.98 Å². The average Bonchev–Trinajstić information content (AvgIpc) is 3.06. The Bertz CT molecular complexity index is 1100. The molecule has 0 aliphatic carbocycles. The lowest BCUT2D eigenvalue weighted by Crippen LogP contribution is -2.40. The van der Waals surface area contributed by atoms with Crippen LogP contribution in [0.2, 0.25) is 0 Å². The first-order chi connectivity index (χ1) is 13.0. The van der Waals surface area contributed by atoms with E-state index in [1.54, 1.807) is 30.3 Å². The predicted octanol–water partition coefficient (Wildman–Crippen LogP) is 4.47. The smallest absolute Gasteiger partial charge is 0.443 e. The number of halogens is 3. The summed E-state index contributed by atoms with van der Waals surface area (Å²) in [6.45, 7) is 2.93. The largest absolute Gasteiger partial charge is 0.549 e. The zero-order valence-corrected chi connectivity index (χ0v) is 16.3. The van der Waals surface area contributed by atoms with Gasteiger partial charge in [0.2, 0.25) is 0 Å². The van der Waals surface area contributed by atoms with Crippen molar-refractivity contribution in [1.29, 1.82) is 5.26 Å². The van der Waals surface area contributed by atoms with Crippen molar-refractivity contribution in [2.45, 2.75) is 29.7 Å². The third kappa shape index (κ3) is 3.84. The van der Waals surface area contributed by atoms with E-state index in [1.165, 1.54) is 19.9 Å². The number of aliphatic carboxylic acids is 1. The summed E-state index contributed by atoms with van der Waals surface area (Å²) in [7, 11) is 0. The van der Waals surface area contributed by atoms with Gasteiger partial charge in [-0.05, 0) is 43.7 Å². The average molecular weight is 421 g/mol. The van der Waals surface area contributed by atoms with Crippen LogP contribution >= 0.6 is 23.1 Å². The molecular formula is C19H12F3N2O2S2-. The number of thiazole rings is 1. The third-order valence-electron chi connectivity index (χ3n) is 3.92. The first-order valence-electron chi connectivity index (χ1n) is 7.94. The van der Waals surface area contributed by atoms with Gasteiger partial charge in [0.15, 0.2) is 5.01 Å². The van der Waals surface area contributed by atoms with Crippen molar-refractivity contribution in [3.05, 3.63) is 47.0 Å². The van der Waals surface area contributed by atoms with Gasteiger partial charge in [0.25, 0.3) is 0 Å². The second-order valence-corrected chi connectivity index (χ2v) is 9.06. The molecule has 1 aromatic heterocycles. The van der Waals surface area contributed by atoms with Gasteiger partial charge >= 0.3 is 6.18 Å². The van der Waals surface area contributed by atoms with E-state index in [-0.39, 0.29) is 5.52 Å². The number of hydrogen-bond acceptors (Lipinski definition) is 6. The maximum Gasteiger partial charge on any atom is 0.443 e. The fraction of sp³-hybridized carbons (Fsp3) is 0.211. The highest BCUT2D eigenvalue weighted by molar-refractivity contribution is 8.01. The predicted molar refractivity (Wildman–Crippen MR) is 99.7 cm³/mol. The van der Waals surface area contributed by atoms with Crippen molar-refractivity contribution in [1.82, 2.24) is 4.98 Å². The number of carbonyl (C=O) groups excluding carboxylic acids is 1.